The summed E-state index contributed by atoms with van der Waals surface area (Å²) in [7, 11) is 0. The highest BCUT2D eigenvalue weighted by Crippen LogP contribution is 2.24. The number of esters is 1. The highest BCUT2D eigenvalue weighted by atomic mass is 79.9. The van der Waals surface area contributed by atoms with E-state index in [2.05, 4.69) is 28.2 Å². The van der Waals surface area contributed by atoms with Crippen molar-refractivity contribution >= 4 is 39.3 Å². The summed E-state index contributed by atoms with van der Waals surface area (Å²) in [6.07, 6.45) is 1.13. The number of anilines is 1. The lowest BCUT2D eigenvalue weighted by Crippen LogP contribution is -2.06. The second-order valence-corrected chi connectivity index (χ2v) is 6.14. The summed E-state index contributed by atoms with van der Waals surface area (Å²) in [4.78, 5) is 11.6. The van der Waals surface area contributed by atoms with Gasteiger partial charge in [0.05, 0.1) is 12.2 Å². The first-order valence-corrected chi connectivity index (χ1v) is 8.42. The molecule has 0 atom stereocenters. The SMILES string of the molecule is CCOC(=O)c1ccc(NCCCSCC)c(Br)c1. The smallest absolute Gasteiger partial charge is 0.338 e. The lowest BCUT2D eigenvalue weighted by Gasteiger charge is -2.09. The van der Waals surface area contributed by atoms with E-state index in [1.165, 1.54) is 5.75 Å². The maximum Gasteiger partial charge on any atom is 0.338 e. The Morgan fingerprint density at radius 1 is 1.42 bits per heavy atom. The molecule has 5 heteroatoms. The number of hydrogen-bond acceptors (Lipinski definition) is 4. The van der Waals surface area contributed by atoms with Crippen molar-refractivity contribution in [1.29, 1.82) is 0 Å². The van der Waals surface area contributed by atoms with Crippen molar-refractivity contribution < 1.29 is 9.53 Å². The molecule has 0 aliphatic heterocycles. The maximum absolute atomic E-state index is 11.6. The van der Waals surface area contributed by atoms with Gasteiger partial charge < -0.3 is 10.1 Å². The molecule has 106 valence electrons. The zero-order valence-corrected chi connectivity index (χ0v) is 13.8. The number of rotatable bonds is 8. The van der Waals surface area contributed by atoms with Gasteiger partial charge in [0.1, 0.15) is 0 Å². The first-order valence-electron chi connectivity index (χ1n) is 6.47. The number of halogens is 1. The number of carbonyl (C=O) groups is 1. The molecule has 0 saturated carbocycles. The maximum atomic E-state index is 11.6. The average molecular weight is 346 g/mol. The largest absolute Gasteiger partial charge is 0.462 e. The minimum absolute atomic E-state index is 0.283. The first-order chi connectivity index (χ1) is 9.19. The summed E-state index contributed by atoms with van der Waals surface area (Å²) < 4.78 is 5.86. The fourth-order valence-corrected chi connectivity index (χ4v) is 2.70. The van der Waals surface area contributed by atoms with Crippen molar-refractivity contribution in [1.82, 2.24) is 0 Å². The number of benzene rings is 1. The summed E-state index contributed by atoms with van der Waals surface area (Å²) in [6, 6.07) is 5.48. The third-order valence-electron chi connectivity index (χ3n) is 2.47. The molecule has 0 spiro atoms. The van der Waals surface area contributed by atoms with Gasteiger partial charge in [0.2, 0.25) is 0 Å². The van der Waals surface area contributed by atoms with E-state index in [0.717, 1.165) is 28.9 Å². The predicted molar refractivity (Wildman–Crippen MR) is 86.2 cm³/mol. The van der Waals surface area contributed by atoms with Crippen molar-refractivity contribution in [3.05, 3.63) is 28.2 Å². The van der Waals surface area contributed by atoms with Gasteiger partial charge in [-0.15, -0.1) is 0 Å². The summed E-state index contributed by atoms with van der Waals surface area (Å²) >= 11 is 5.42. The number of carbonyl (C=O) groups excluding carboxylic acids is 1. The van der Waals surface area contributed by atoms with Crippen LogP contribution in [0.15, 0.2) is 22.7 Å². The Hall–Kier alpha value is -0.680. The van der Waals surface area contributed by atoms with Gasteiger partial charge in [-0.3, -0.25) is 0 Å². The van der Waals surface area contributed by atoms with Crippen LogP contribution in [0.3, 0.4) is 0 Å². The van der Waals surface area contributed by atoms with Crippen LogP contribution < -0.4 is 5.32 Å². The third-order valence-corrected chi connectivity index (χ3v) is 4.11. The van der Waals surface area contributed by atoms with Crippen LogP contribution >= 0.6 is 27.7 Å². The minimum Gasteiger partial charge on any atom is -0.462 e. The minimum atomic E-state index is -0.283. The number of nitrogens with one attached hydrogen (secondary N) is 1. The van der Waals surface area contributed by atoms with E-state index in [1.54, 1.807) is 19.1 Å². The van der Waals surface area contributed by atoms with Crippen LogP contribution in [0, 0.1) is 0 Å². The second-order valence-electron chi connectivity index (χ2n) is 3.89. The van der Waals surface area contributed by atoms with E-state index in [-0.39, 0.29) is 5.97 Å². The number of ether oxygens (including phenoxy) is 1. The van der Waals surface area contributed by atoms with E-state index < -0.39 is 0 Å². The normalized spacial score (nSPS) is 10.3. The molecular weight excluding hydrogens is 326 g/mol. The average Bonchev–Trinajstić information content (AvgIpc) is 2.40. The molecule has 0 aliphatic carbocycles. The van der Waals surface area contributed by atoms with Gasteiger partial charge in [-0.2, -0.15) is 11.8 Å². The van der Waals surface area contributed by atoms with Gasteiger partial charge in [-0.1, -0.05) is 6.92 Å². The molecule has 0 saturated heterocycles. The highest BCUT2D eigenvalue weighted by molar-refractivity contribution is 9.10. The molecule has 0 aromatic heterocycles. The molecule has 1 aromatic rings. The molecule has 0 heterocycles. The summed E-state index contributed by atoms with van der Waals surface area (Å²) in [6.45, 7) is 5.30. The summed E-state index contributed by atoms with van der Waals surface area (Å²) in [5, 5.41) is 3.36. The number of thioether (sulfide) groups is 1. The molecule has 19 heavy (non-hydrogen) atoms. The van der Waals surface area contributed by atoms with Crippen molar-refractivity contribution in [3.8, 4) is 0 Å². The topological polar surface area (TPSA) is 38.3 Å². The van der Waals surface area contributed by atoms with Gasteiger partial charge >= 0.3 is 5.97 Å². The second kappa shape index (κ2) is 9.26. The standard InChI is InChI=1S/C14H20BrNO2S/c1-3-18-14(17)11-6-7-13(12(15)10-11)16-8-5-9-19-4-2/h6-7,10,16H,3-5,8-9H2,1-2H3. The molecule has 0 bridgehead atoms. The lowest BCUT2D eigenvalue weighted by atomic mass is 10.2. The molecule has 0 fully saturated rings. The van der Waals surface area contributed by atoms with Gasteiger partial charge in [0.25, 0.3) is 0 Å². The van der Waals surface area contributed by atoms with E-state index in [0.29, 0.717) is 12.2 Å². The van der Waals surface area contributed by atoms with E-state index in [1.807, 2.05) is 17.8 Å². The monoisotopic (exact) mass is 345 g/mol. The van der Waals surface area contributed by atoms with Gasteiger partial charge in [-0.25, -0.2) is 4.79 Å². The zero-order valence-electron chi connectivity index (χ0n) is 11.4. The Kier molecular flexibility index (Phi) is 7.98. The van der Waals surface area contributed by atoms with Gasteiger partial charge in [0, 0.05) is 16.7 Å². The molecule has 1 rings (SSSR count). The van der Waals surface area contributed by atoms with Crippen LogP contribution in [0.2, 0.25) is 0 Å². The highest BCUT2D eigenvalue weighted by Gasteiger charge is 2.08. The lowest BCUT2D eigenvalue weighted by molar-refractivity contribution is 0.0526. The fourth-order valence-electron chi connectivity index (χ4n) is 1.54. The van der Waals surface area contributed by atoms with Crippen LogP contribution in [0.4, 0.5) is 5.69 Å². The zero-order chi connectivity index (χ0) is 14.1. The first kappa shape index (κ1) is 16.4. The van der Waals surface area contributed by atoms with Gasteiger partial charge in [-0.05, 0) is 59.0 Å². The quantitative estimate of drug-likeness (QED) is 0.566. The molecule has 1 N–H and O–H groups in total. The van der Waals surface area contributed by atoms with Crippen molar-refractivity contribution in [2.75, 3.05) is 30.0 Å². The van der Waals surface area contributed by atoms with Crippen LogP contribution in [0.5, 0.6) is 0 Å². The fraction of sp³-hybridized carbons (Fsp3) is 0.500. The molecule has 0 amide bonds. The van der Waals surface area contributed by atoms with E-state index in [4.69, 9.17) is 4.74 Å². The summed E-state index contributed by atoms with van der Waals surface area (Å²) in [5.41, 5.74) is 1.58. The Morgan fingerprint density at radius 3 is 2.84 bits per heavy atom. The Bertz CT molecular complexity index is 412. The number of hydrogen-bond donors (Lipinski definition) is 1. The Balaban J connectivity index is 2.50. The Labute approximate surface area is 127 Å². The van der Waals surface area contributed by atoms with Gasteiger partial charge in [0.15, 0.2) is 0 Å². The molecule has 1 aromatic carbocycles. The predicted octanol–water partition coefficient (Wildman–Crippen LogP) is 4.18. The molecular formula is C14H20BrNO2S. The molecule has 3 nitrogen and oxygen atoms in total. The van der Waals surface area contributed by atoms with E-state index >= 15 is 0 Å². The van der Waals surface area contributed by atoms with Crippen LogP contribution in [0.25, 0.3) is 0 Å². The van der Waals surface area contributed by atoms with Crippen molar-refractivity contribution in [2.24, 2.45) is 0 Å². The van der Waals surface area contributed by atoms with Crippen LogP contribution in [-0.4, -0.2) is 30.6 Å². The van der Waals surface area contributed by atoms with Crippen molar-refractivity contribution in [2.45, 2.75) is 20.3 Å². The van der Waals surface area contributed by atoms with Crippen LogP contribution in [0.1, 0.15) is 30.6 Å². The molecule has 0 radical (unpaired) electrons. The third kappa shape index (κ3) is 5.87. The Morgan fingerprint density at radius 2 is 2.21 bits per heavy atom. The molecule has 0 unspecified atom stereocenters. The van der Waals surface area contributed by atoms with Crippen molar-refractivity contribution in [3.63, 3.8) is 0 Å². The molecule has 0 aliphatic rings. The summed E-state index contributed by atoms with van der Waals surface area (Å²) in [5.74, 6) is 2.05. The van der Waals surface area contributed by atoms with E-state index in [9.17, 15) is 4.79 Å². The van der Waals surface area contributed by atoms with Crippen LogP contribution in [-0.2, 0) is 4.74 Å².